The highest BCUT2D eigenvalue weighted by molar-refractivity contribution is 7.10. The molecule has 2 N–H and O–H groups in total. The summed E-state index contributed by atoms with van der Waals surface area (Å²) < 4.78 is 8.18. The number of anilines is 1. The van der Waals surface area contributed by atoms with E-state index >= 15 is 0 Å². The Labute approximate surface area is 90.0 Å². The maximum Gasteiger partial charge on any atom is 0.325 e. The molecule has 0 saturated heterocycles. The maximum atomic E-state index is 11.1. The number of aromatic nitrogens is 2. The second-order valence-corrected chi connectivity index (χ2v) is 3.18. The highest BCUT2D eigenvalue weighted by atomic mass is 32.1. The Kier molecular flexibility index (Phi) is 4.48. The van der Waals surface area contributed by atoms with E-state index in [4.69, 9.17) is 0 Å². The van der Waals surface area contributed by atoms with Crippen LogP contribution < -0.4 is 10.6 Å². The van der Waals surface area contributed by atoms with Gasteiger partial charge in [-0.25, -0.2) is 4.79 Å². The van der Waals surface area contributed by atoms with Crippen LogP contribution in [0.1, 0.15) is 6.92 Å². The Morgan fingerprint density at radius 1 is 1.60 bits per heavy atom. The van der Waals surface area contributed by atoms with Crippen molar-refractivity contribution in [1.82, 2.24) is 14.9 Å². The second kappa shape index (κ2) is 5.91. The molecule has 7 nitrogen and oxygen atoms in total. The van der Waals surface area contributed by atoms with Crippen LogP contribution in [-0.2, 0) is 9.53 Å². The van der Waals surface area contributed by atoms with Gasteiger partial charge < -0.3 is 10.1 Å². The lowest BCUT2D eigenvalue weighted by Crippen LogP contribution is -2.33. The molecule has 1 aromatic rings. The zero-order valence-electron chi connectivity index (χ0n) is 8.02. The summed E-state index contributed by atoms with van der Waals surface area (Å²) in [6.45, 7) is 1.83. The number of esters is 1. The van der Waals surface area contributed by atoms with Gasteiger partial charge in [-0.15, -0.1) is 5.10 Å². The van der Waals surface area contributed by atoms with Crippen molar-refractivity contribution in [2.75, 3.05) is 18.5 Å². The number of rotatable bonds is 4. The van der Waals surface area contributed by atoms with Crippen molar-refractivity contribution in [3.8, 4) is 0 Å². The number of nitrogens with one attached hydrogen (secondary N) is 2. The molecule has 8 heteroatoms. The molecular formula is C7H10N4O3S. The van der Waals surface area contributed by atoms with Gasteiger partial charge in [0.2, 0.25) is 0 Å². The smallest absolute Gasteiger partial charge is 0.325 e. The quantitative estimate of drug-likeness (QED) is 0.722. The van der Waals surface area contributed by atoms with E-state index in [2.05, 4.69) is 25.0 Å². The van der Waals surface area contributed by atoms with E-state index in [1.807, 2.05) is 0 Å². The van der Waals surface area contributed by atoms with Crippen LogP contribution in [0.4, 0.5) is 9.80 Å². The predicted molar refractivity (Wildman–Crippen MR) is 53.6 cm³/mol. The van der Waals surface area contributed by atoms with Crippen LogP contribution in [0.2, 0.25) is 0 Å². The van der Waals surface area contributed by atoms with Crippen molar-refractivity contribution in [2.24, 2.45) is 0 Å². The summed E-state index contributed by atoms with van der Waals surface area (Å²) in [6, 6.07) is -0.492. The lowest BCUT2D eigenvalue weighted by atomic mass is 10.6. The van der Waals surface area contributed by atoms with Gasteiger partial charge in [0.25, 0.3) is 0 Å². The van der Waals surface area contributed by atoms with E-state index in [1.165, 1.54) is 6.20 Å². The number of urea groups is 1. The molecule has 1 rings (SSSR count). The van der Waals surface area contributed by atoms with Crippen LogP contribution >= 0.6 is 11.5 Å². The summed E-state index contributed by atoms with van der Waals surface area (Å²) in [6.07, 6.45) is 1.41. The van der Waals surface area contributed by atoms with Crippen LogP contribution in [0.5, 0.6) is 0 Å². The monoisotopic (exact) mass is 230 g/mol. The van der Waals surface area contributed by atoms with Crippen molar-refractivity contribution in [1.29, 1.82) is 0 Å². The molecule has 0 aliphatic carbocycles. The summed E-state index contributed by atoms with van der Waals surface area (Å²) >= 11 is 1.05. The predicted octanol–water partition coefficient (Wildman–Crippen LogP) is 0.223. The van der Waals surface area contributed by atoms with Gasteiger partial charge in [-0.2, -0.15) is 0 Å². The first-order valence-electron chi connectivity index (χ1n) is 4.20. The molecule has 0 radical (unpaired) electrons. The van der Waals surface area contributed by atoms with Crippen molar-refractivity contribution < 1.29 is 14.3 Å². The first kappa shape index (κ1) is 11.4. The number of nitrogens with zero attached hydrogens (tertiary/aromatic N) is 2. The standard InChI is InChI=1S/C7H10N4O3S/c1-2-14-6(12)4-8-7(13)10-5-3-9-11-15-5/h3H,2,4H2,1H3,(H2,8,10,13). The third-order valence-corrected chi connectivity index (χ3v) is 1.88. The van der Waals surface area contributed by atoms with Gasteiger partial charge in [-0.1, -0.05) is 4.49 Å². The van der Waals surface area contributed by atoms with Gasteiger partial charge in [-0.3, -0.25) is 10.1 Å². The summed E-state index contributed by atoms with van der Waals surface area (Å²) in [7, 11) is 0. The molecule has 2 amide bonds. The van der Waals surface area contributed by atoms with Crippen LogP contribution in [0.3, 0.4) is 0 Å². The Bertz CT molecular complexity index is 327. The molecule has 0 unspecified atom stereocenters. The lowest BCUT2D eigenvalue weighted by Gasteiger charge is -2.04. The number of carbonyl (C=O) groups excluding carboxylic acids is 2. The number of hydrogen-bond donors (Lipinski definition) is 2. The van der Waals surface area contributed by atoms with Gasteiger partial charge >= 0.3 is 12.0 Å². The van der Waals surface area contributed by atoms with Crippen LogP contribution in [0.15, 0.2) is 6.20 Å². The molecule has 15 heavy (non-hydrogen) atoms. The normalized spacial score (nSPS) is 9.40. The van der Waals surface area contributed by atoms with Gasteiger partial charge in [0.1, 0.15) is 11.5 Å². The molecule has 0 aromatic carbocycles. The Morgan fingerprint density at radius 2 is 2.40 bits per heavy atom. The van der Waals surface area contributed by atoms with Gasteiger partial charge in [-0.05, 0) is 6.92 Å². The van der Waals surface area contributed by atoms with Crippen molar-refractivity contribution in [3.05, 3.63) is 6.20 Å². The first-order chi connectivity index (χ1) is 7.22. The average Bonchev–Trinajstić information content (AvgIpc) is 2.68. The van der Waals surface area contributed by atoms with Crippen molar-refractivity contribution in [2.45, 2.75) is 6.92 Å². The summed E-state index contributed by atoms with van der Waals surface area (Å²) in [5, 5.41) is 8.83. The molecule has 0 bridgehead atoms. The number of ether oxygens (including phenoxy) is 1. The fraction of sp³-hybridized carbons (Fsp3) is 0.429. The molecule has 82 valence electrons. The minimum atomic E-state index is -0.492. The first-order valence-corrected chi connectivity index (χ1v) is 4.97. The summed E-state index contributed by atoms with van der Waals surface area (Å²) in [5.41, 5.74) is 0. The van der Waals surface area contributed by atoms with E-state index in [0.717, 1.165) is 11.5 Å². The molecule has 0 saturated carbocycles. The minimum absolute atomic E-state index is 0.161. The highest BCUT2D eigenvalue weighted by Crippen LogP contribution is 2.07. The Morgan fingerprint density at radius 3 is 3.00 bits per heavy atom. The number of amides is 2. The largest absolute Gasteiger partial charge is 0.465 e. The zero-order chi connectivity index (χ0) is 11.1. The molecule has 0 aliphatic rings. The Hall–Kier alpha value is -1.70. The Balaban J connectivity index is 2.22. The number of carbonyl (C=O) groups is 2. The SMILES string of the molecule is CCOC(=O)CNC(=O)Nc1cnns1. The van der Waals surface area contributed by atoms with E-state index < -0.39 is 12.0 Å². The lowest BCUT2D eigenvalue weighted by molar-refractivity contribution is -0.141. The molecule has 0 atom stereocenters. The molecular weight excluding hydrogens is 220 g/mol. The molecule has 1 heterocycles. The van der Waals surface area contributed by atoms with Gasteiger partial charge in [0.05, 0.1) is 12.8 Å². The fourth-order valence-corrected chi connectivity index (χ4v) is 1.16. The van der Waals surface area contributed by atoms with Crippen molar-refractivity contribution >= 4 is 28.5 Å². The fourth-order valence-electron chi connectivity index (χ4n) is 0.743. The van der Waals surface area contributed by atoms with Crippen LogP contribution in [0.25, 0.3) is 0 Å². The van der Waals surface area contributed by atoms with Crippen LogP contribution in [-0.4, -0.2) is 34.7 Å². The molecule has 0 fully saturated rings. The summed E-state index contributed by atoms with van der Waals surface area (Å²) in [4.78, 5) is 22.0. The van der Waals surface area contributed by atoms with E-state index in [0.29, 0.717) is 11.6 Å². The molecule has 1 aromatic heterocycles. The van der Waals surface area contributed by atoms with E-state index in [1.54, 1.807) is 6.92 Å². The topological polar surface area (TPSA) is 93.2 Å². The highest BCUT2D eigenvalue weighted by Gasteiger charge is 2.06. The van der Waals surface area contributed by atoms with E-state index in [9.17, 15) is 9.59 Å². The minimum Gasteiger partial charge on any atom is -0.465 e. The van der Waals surface area contributed by atoms with E-state index in [-0.39, 0.29) is 6.54 Å². The third-order valence-electron chi connectivity index (χ3n) is 1.30. The third kappa shape index (κ3) is 4.36. The zero-order valence-corrected chi connectivity index (χ0v) is 8.84. The average molecular weight is 230 g/mol. The molecule has 0 aliphatic heterocycles. The van der Waals surface area contributed by atoms with Gasteiger partial charge in [0.15, 0.2) is 0 Å². The molecule has 0 spiro atoms. The van der Waals surface area contributed by atoms with Crippen LogP contribution in [0, 0.1) is 0 Å². The van der Waals surface area contributed by atoms with Gasteiger partial charge in [0, 0.05) is 11.5 Å². The maximum absolute atomic E-state index is 11.1. The second-order valence-electron chi connectivity index (χ2n) is 2.39. The van der Waals surface area contributed by atoms with Crippen molar-refractivity contribution in [3.63, 3.8) is 0 Å². The summed E-state index contributed by atoms with van der Waals surface area (Å²) in [5.74, 6) is -0.477. The number of hydrogen-bond acceptors (Lipinski definition) is 6.